The Morgan fingerprint density at radius 2 is 2.18 bits per heavy atom. The first-order chi connectivity index (χ1) is 10.2. The van der Waals surface area contributed by atoms with Gasteiger partial charge in [-0.05, 0) is 20.8 Å². The lowest BCUT2D eigenvalue weighted by Gasteiger charge is -2.22. The molecule has 22 heavy (non-hydrogen) atoms. The number of hydrogen-bond donors (Lipinski definition) is 2. The predicted octanol–water partition coefficient (Wildman–Crippen LogP) is 0.911. The molecule has 0 bridgehead atoms. The second-order valence-corrected chi connectivity index (χ2v) is 5.97. The molecule has 1 atom stereocenters. The second-order valence-electron chi connectivity index (χ2n) is 5.60. The van der Waals surface area contributed by atoms with E-state index in [1.807, 2.05) is 0 Å². The summed E-state index contributed by atoms with van der Waals surface area (Å²) in [6, 6.07) is 0. The highest BCUT2D eigenvalue weighted by Crippen LogP contribution is 2.19. The number of nitrogens with one attached hydrogen (secondary N) is 1. The standard InChI is InChI=1S/C14H20ClN5O2/c1-9-13(15)10(2)20(18-9)7-12(21)16-8-14(3,22)11-5-17-19(4)6-11/h5-6,22H,7-8H2,1-4H3,(H,16,21)/t14-/m1/s1. The van der Waals surface area contributed by atoms with E-state index in [0.29, 0.717) is 16.3 Å². The van der Waals surface area contributed by atoms with Crippen LogP contribution in [0.3, 0.4) is 0 Å². The van der Waals surface area contributed by atoms with E-state index in [2.05, 4.69) is 15.5 Å². The van der Waals surface area contributed by atoms with E-state index in [1.54, 1.807) is 49.6 Å². The SMILES string of the molecule is Cc1nn(CC(=O)NC[C@@](C)(O)c2cnn(C)c2)c(C)c1Cl. The first kappa shape index (κ1) is 16.5. The van der Waals surface area contributed by atoms with Crippen molar-refractivity contribution in [2.45, 2.75) is 32.9 Å². The van der Waals surface area contributed by atoms with E-state index in [1.165, 1.54) is 0 Å². The molecule has 0 unspecified atom stereocenters. The highest BCUT2D eigenvalue weighted by Gasteiger charge is 2.25. The average Bonchev–Trinajstić information content (AvgIpc) is 2.98. The van der Waals surface area contributed by atoms with Crippen LogP contribution in [0.15, 0.2) is 12.4 Å². The Kier molecular flexibility index (Phi) is 4.58. The van der Waals surface area contributed by atoms with Crippen LogP contribution in [0.4, 0.5) is 0 Å². The zero-order valence-electron chi connectivity index (χ0n) is 13.1. The van der Waals surface area contributed by atoms with Crippen molar-refractivity contribution in [2.75, 3.05) is 6.54 Å². The van der Waals surface area contributed by atoms with Gasteiger partial charge in [0.1, 0.15) is 12.1 Å². The molecule has 2 aromatic heterocycles. The fourth-order valence-electron chi connectivity index (χ4n) is 2.09. The number of amides is 1. The van der Waals surface area contributed by atoms with Gasteiger partial charge in [-0.15, -0.1) is 0 Å². The van der Waals surface area contributed by atoms with Gasteiger partial charge in [-0.3, -0.25) is 14.2 Å². The number of carbonyl (C=O) groups excluding carboxylic acids is 1. The van der Waals surface area contributed by atoms with Crippen LogP contribution in [0, 0.1) is 13.8 Å². The smallest absolute Gasteiger partial charge is 0.241 e. The predicted molar refractivity (Wildman–Crippen MR) is 82.5 cm³/mol. The lowest BCUT2D eigenvalue weighted by Crippen LogP contribution is -2.40. The van der Waals surface area contributed by atoms with Crippen molar-refractivity contribution < 1.29 is 9.90 Å². The molecule has 0 aliphatic heterocycles. The van der Waals surface area contributed by atoms with E-state index < -0.39 is 5.60 Å². The Morgan fingerprint density at radius 1 is 1.50 bits per heavy atom. The zero-order chi connectivity index (χ0) is 16.5. The van der Waals surface area contributed by atoms with Gasteiger partial charge in [-0.1, -0.05) is 11.6 Å². The van der Waals surface area contributed by atoms with Crippen molar-refractivity contribution in [3.63, 3.8) is 0 Å². The summed E-state index contributed by atoms with van der Waals surface area (Å²) in [4.78, 5) is 12.0. The van der Waals surface area contributed by atoms with Crippen LogP contribution in [0.5, 0.6) is 0 Å². The first-order valence-corrected chi connectivity index (χ1v) is 7.26. The van der Waals surface area contributed by atoms with Gasteiger partial charge in [-0.25, -0.2) is 0 Å². The van der Waals surface area contributed by atoms with Gasteiger partial charge in [-0.2, -0.15) is 10.2 Å². The maximum absolute atomic E-state index is 12.0. The molecule has 2 rings (SSSR count). The number of aryl methyl sites for hydroxylation is 2. The highest BCUT2D eigenvalue weighted by molar-refractivity contribution is 6.31. The normalized spacial score (nSPS) is 13.9. The van der Waals surface area contributed by atoms with Crippen LogP contribution in [0.2, 0.25) is 5.02 Å². The molecule has 0 saturated heterocycles. The summed E-state index contributed by atoms with van der Waals surface area (Å²) in [5, 5.41) is 21.9. The molecule has 8 heteroatoms. The molecule has 0 spiro atoms. The minimum Gasteiger partial charge on any atom is -0.383 e. The number of hydrogen-bond acceptors (Lipinski definition) is 4. The maximum Gasteiger partial charge on any atom is 0.241 e. The summed E-state index contributed by atoms with van der Waals surface area (Å²) >= 11 is 6.05. The summed E-state index contributed by atoms with van der Waals surface area (Å²) in [5.74, 6) is -0.244. The molecule has 7 nitrogen and oxygen atoms in total. The van der Waals surface area contributed by atoms with E-state index in [9.17, 15) is 9.90 Å². The Morgan fingerprint density at radius 3 is 2.68 bits per heavy atom. The summed E-state index contributed by atoms with van der Waals surface area (Å²) in [6.07, 6.45) is 3.29. The molecule has 0 aromatic carbocycles. The van der Waals surface area contributed by atoms with Crippen molar-refractivity contribution in [2.24, 2.45) is 7.05 Å². The van der Waals surface area contributed by atoms with Gasteiger partial charge in [0.25, 0.3) is 0 Å². The Balaban J connectivity index is 1.96. The number of carbonyl (C=O) groups is 1. The molecular formula is C14H20ClN5O2. The van der Waals surface area contributed by atoms with Crippen LogP contribution in [-0.2, 0) is 24.0 Å². The van der Waals surface area contributed by atoms with Crippen LogP contribution in [0.1, 0.15) is 23.9 Å². The minimum absolute atomic E-state index is 0.0580. The largest absolute Gasteiger partial charge is 0.383 e. The number of aromatic nitrogens is 4. The van der Waals surface area contributed by atoms with Crippen LogP contribution < -0.4 is 5.32 Å². The zero-order valence-corrected chi connectivity index (χ0v) is 13.8. The molecular weight excluding hydrogens is 306 g/mol. The molecule has 2 heterocycles. The molecule has 2 N–H and O–H groups in total. The molecule has 0 aliphatic rings. The fourth-order valence-corrected chi connectivity index (χ4v) is 2.23. The van der Waals surface area contributed by atoms with Crippen LogP contribution >= 0.6 is 11.6 Å². The quantitative estimate of drug-likeness (QED) is 0.855. The van der Waals surface area contributed by atoms with Gasteiger partial charge in [0, 0.05) is 18.8 Å². The van der Waals surface area contributed by atoms with Crippen molar-refractivity contribution >= 4 is 17.5 Å². The Hall–Kier alpha value is -1.86. The summed E-state index contributed by atoms with van der Waals surface area (Å²) < 4.78 is 3.15. The van der Waals surface area contributed by atoms with Gasteiger partial charge >= 0.3 is 0 Å². The summed E-state index contributed by atoms with van der Waals surface area (Å²) in [6.45, 7) is 5.37. The first-order valence-electron chi connectivity index (χ1n) is 6.88. The fraction of sp³-hybridized carbons (Fsp3) is 0.500. The van der Waals surface area contributed by atoms with Crippen molar-refractivity contribution in [1.82, 2.24) is 24.9 Å². The van der Waals surface area contributed by atoms with Gasteiger partial charge in [0.05, 0.1) is 29.2 Å². The number of nitrogens with zero attached hydrogens (tertiary/aromatic N) is 4. The van der Waals surface area contributed by atoms with E-state index in [4.69, 9.17) is 11.6 Å². The summed E-state index contributed by atoms with van der Waals surface area (Å²) in [5.41, 5.74) is 0.892. The third-order valence-corrected chi connectivity index (χ3v) is 4.09. The molecule has 0 aliphatic carbocycles. The lowest BCUT2D eigenvalue weighted by atomic mass is 10.00. The highest BCUT2D eigenvalue weighted by atomic mass is 35.5. The number of aliphatic hydroxyl groups is 1. The minimum atomic E-state index is -1.18. The second kappa shape index (κ2) is 6.10. The van der Waals surface area contributed by atoms with E-state index in [0.717, 1.165) is 5.69 Å². The van der Waals surface area contributed by atoms with E-state index >= 15 is 0 Å². The number of rotatable bonds is 5. The number of halogens is 1. The lowest BCUT2D eigenvalue weighted by molar-refractivity contribution is -0.123. The molecule has 2 aromatic rings. The maximum atomic E-state index is 12.0. The topological polar surface area (TPSA) is 85.0 Å². The van der Waals surface area contributed by atoms with Gasteiger partial charge in [0.2, 0.25) is 5.91 Å². The molecule has 0 radical (unpaired) electrons. The molecule has 0 fully saturated rings. The van der Waals surface area contributed by atoms with Gasteiger partial charge in [0.15, 0.2) is 0 Å². The van der Waals surface area contributed by atoms with Crippen LogP contribution in [-0.4, -0.2) is 37.1 Å². The van der Waals surface area contributed by atoms with Crippen LogP contribution in [0.25, 0.3) is 0 Å². The van der Waals surface area contributed by atoms with Gasteiger partial charge < -0.3 is 10.4 Å². The monoisotopic (exact) mass is 325 g/mol. The van der Waals surface area contributed by atoms with E-state index in [-0.39, 0.29) is 19.0 Å². The van der Waals surface area contributed by atoms with Crippen molar-refractivity contribution in [3.05, 3.63) is 34.4 Å². The van der Waals surface area contributed by atoms with Crippen molar-refractivity contribution in [1.29, 1.82) is 0 Å². The third-order valence-electron chi connectivity index (χ3n) is 3.54. The average molecular weight is 326 g/mol. The Bertz CT molecular complexity index is 689. The third kappa shape index (κ3) is 3.48. The molecule has 120 valence electrons. The van der Waals surface area contributed by atoms with Crippen molar-refractivity contribution in [3.8, 4) is 0 Å². The Labute approximate surface area is 133 Å². The summed E-state index contributed by atoms with van der Waals surface area (Å²) in [7, 11) is 1.77. The molecule has 0 saturated carbocycles. The molecule has 1 amide bonds.